The van der Waals surface area contributed by atoms with Crippen molar-refractivity contribution >= 4 is 27.6 Å². The largest absolute Gasteiger partial charge is 0.481 e. The van der Waals surface area contributed by atoms with E-state index in [2.05, 4.69) is 15.3 Å². The molecule has 1 aliphatic rings. The summed E-state index contributed by atoms with van der Waals surface area (Å²) in [6.07, 6.45) is -3.02. The van der Waals surface area contributed by atoms with E-state index in [9.17, 15) is 22.8 Å². The molecule has 0 aliphatic carbocycles. The first-order valence-electron chi connectivity index (χ1n) is 12.6. The molecule has 40 heavy (non-hydrogen) atoms. The first kappa shape index (κ1) is 25.7. The van der Waals surface area contributed by atoms with Gasteiger partial charge in [0.1, 0.15) is 5.52 Å². The van der Waals surface area contributed by atoms with Gasteiger partial charge in [-0.25, -0.2) is 9.78 Å². The van der Waals surface area contributed by atoms with Gasteiger partial charge in [0, 0.05) is 62.1 Å². The minimum absolute atomic E-state index is 0.0187. The summed E-state index contributed by atoms with van der Waals surface area (Å²) < 4.78 is 50.4. The van der Waals surface area contributed by atoms with Crippen molar-refractivity contribution in [2.75, 3.05) is 38.2 Å². The zero-order valence-corrected chi connectivity index (χ0v) is 21.7. The van der Waals surface area contributed by atoms with Crippen LogP contribution in [0.2, 0.25) is 0 Å². The van der Waals surface area contributed by atoms with Crippen LogP contribution in [0.5, 0.6) is 5.88 Å². The lowest BCUT2D eigenvalue weighted by molar-refractivity contribution is -0.137. The zero-order valence-electron chi connectivity index (χ0n) is 21.7. The fraction of sp³-hybridized carbons (Fsp3) is 0.250. The van der Waals surface area contributed by atoms with Gasteiger partial charge in [-0.05, 0) is 42.0 Å². The summed E-state index contributed by atoms with van der Waals surface area (Å²) in [6.45, 7) is 2.00. The predicted molar refractivity (Wildman–Crippen MR) is 147 cm³/mol. The topological polar surface area (TPSA) is 97.2 Å². The van der Waals surface area contributed by atoms with Gasteiger partial charge in [0.25, 0.3) is 5.56 Å². The fourth-order valence-corrected chi connectivity index (χ4v) is 5.31. The highest BCUT2D eigenvalue weighted by molar-refractivity contribution is 6.04. The molecule has 6 rings (SSSR count). The third-order valence-electron chi connectivity index (χ3n) is 7.28. The molecule has 1 aliphatic heterocycles. The van der Waals surface area contributed by atoms with E-state index in [1.807, 2.05) is 6.07 Å². The van der Waals surface area contributed by atoms with E-state index in [0.717, 1.165) is 21.8 Å². The van der Waals surface area contributed by atoms with Crippen molar-refractivity contribution in [3.05, 3.63) is 81.1 Å². The molecular formula is C28H25F3N6O3. The van der Waals surface area contributed by atoms with Crippen LogP contribution in [-0.2, 0) is 13.2 Å². The predicted octanol–water partition coefficient (Wildman–Crippen LogP) is 3.67. The Hall–Kier alpha value is -4.58. The van der Waals surface area contributed by atoms with Crippen LogP contribution in [0, 0.1) is 0 Å². The monoisotopic (exact) mass is 550 g/mol. The summed E-state index contributed by atoms with van der Waals surface area (Å²) in [5.41, 5.74) is 0.301. The zero-order chi connectivity index (χ0) is 28.2. The van der Waals surface area contributed by atoms with Gasteiger partial charge in [0.15, 0.2) is 0 Å². The standard InChI is InChI=1S/C28H25F3N6O3/c1-35-25-24(19-13-16(3-6-21(19)34-26(25)38)17-4-8-23(40-2)33-15-17)37(27(35)39)18-5-7-22(20(14-18)28(29,30)31)36-11-9-32-10-12-36/h3-8,13-15,32H,9-12H2,1-2H3,(H,34,38). The van der Waals surface area contributed by atoms with Crippen molar-refractivity contribution in [1.29, 1.82) is 0 Å². The summed E-state index contributed by atoms with van der Waals surface area (Å²) in [5, 5.41) is 3.64. The summed E-state index contributed by atoms with van der Waals surface area (Å²) in [5.74, 6) is 0.442. The second-order valence-electron chi connectivity index (χ2n) is 9.61. The molecule has 9 nitrogen and oxygen atoms in total. The number of hydrogen-bond acceptors (Lipinski definition) is 6. The van der Waals surface area contributed by atoms with Crippen molar-refractivity contribution in [3.8, 4) is 22.7 Å². The maximum absolute atomic E-state index is 14.3. The van der Waals surface area contributed by atoms with E-state index < -0.39 is 23.0 Å². The maximum atomic E-state index is 14.3. The van der Waals surface area contributed by atoms with Crippen LogP contribution < -0.4 is 26.2 Å². The summed E-state index contributed by atoms with van der Waals surface area (Å²) >= 11 is 0. The van der Waals surface area contributed by atoms with E-state index in [4.69, 9.17) is 4.74 Å². The number of benzene rings is 2. The molecule has 206 valence electrons. The number of alkyl halides is 3. The van der Waals surface area contributed by atoms with E-state index in [0.29, 0.717) is 43.0 Å². The van der Waals surface area contributed by atoms with Gasteiger partial charge >= 0.3 is 11.9 Å². The molecular weight excluding hydrogens is 525 g/mol. The van der Waals surface area contributed by atoms with Crippen LogP contribution in [0.25, 0.3) is 38.8 Å². The summed E-state index contributed by atoms with van der Waals surface area (Å²) in [6, 6.07) is 12.7. The Morgan fingerprint density at radius 2 is 1.70 bits per heavy atom. The lowest BCUT2D eigenvalue weighted by atomic mass is 10.0. The molecule has 1 saturated heterocycles. The van der Waals surface area contributed by atoms with Crippen molar-refractivity contribution in [2.45, 2.75) is 6.18 Å². The molecule has 2 N–H and O–H groups in total. The molecule has 0 radical (unpaired) electrons. The Morgan fingerprint density at radius 1 is 0.950 bits per heavy atom. The number of halogens is 3. The molecule has 0 saturated carbocycles. The maximum Gasteiger partial charge on any atom is 0.418 e. The average molecular weight is 551 g/mol. The minimum Gasteiger partial charge on any atom is -0.481 e. The average Bonchev–Trinajstić information content (AvgIpc) is 3.23. The minimum atomic E-state index is -4.65. The van der Waals surface area contributed by atoms with Crippen molar-refractivity contribution in [3.63, 3.8) is 0 Å². The molecule has 0 spiro atoms. The van der Waals surface area contributed by atoms with Crippen molar-refractivity contribution in [2.24, 2.45) is 7.05 Å². The van der Waals surface area contributed by atoms with Crippen LogP contribution in [0.4, 0.5) is 18.9 Å². The van der Waals surface area contributed by atoms with Gasteiger partial charge < -0.3 is 19.9 Å². The Kier molecular flexibility index (Phi) is 6.14. The third-order valence-corrected chi connectivity index (χ3v) is 7.28. The summed E-state index contributed by atoms with van der Waals surface area (Å²) in [7, 11) is 2.94. The smallest absolute Gasteiger partial charge is 0.418 e. The van der Waals surface area contributed by atoms with Gasteiger partial charge in [-0.15, -0.1) is 0 Å². The van der Waals surface area contributed by atoms with E-state index in [-0.39, 0.29) is 22.4 Å². The number of ether oxygens (including phenoxy) is 1. The van der Waals surface area contributed by atoms with Gasteiger partial charge in [0.05, 0.1) is 29.4 Å². The lowest BCUT2D eigenvalue weighted by Gasteiger charge is -2.31. The number of aryl methyl sites for hydroxylation is 1. The quantitative estimate of drug-likeness (QED) is 0.355. The normalized spacial score (nSPS) is 14.3. The van der Waals surface area contributed by atoms with E-state index >= 15 is 0 Å². The van der Waals surface area contributed by atoms with Crippen LogP contribution in [0.1, 0.15) is 5.56 Å². The number of imidazole rings is 1. The third kappa shape index (κ3) is 4.20. The first-order valence-corrected chi connectivity index (χ1v) is 12.6. The Bertz CT molecular complexity index is 1870. The lowest BCUT2D eigenvalue weighted by Crippen LogP contribution is -2.44. The molecule has 0 bridgehead atoms. The van der Waals surface area contributed by atoms with Gasteiger partial charge in [0.2, 0.25) is 5.88 Å². The molecule has 0 unspecified atom stereocenters. The molecule has 0 atom stereocenters. The van der Waals surface area contributed by atoms with Crippen LogP contribution in [0.3, 0.4) is 0 Å². The van der Waals surface area contributed by atoms with Gasteiger partial charge in [-0.2, -0.15) is 13.2 Å². The Balaban J connectivity index is 1.61. The molecule has 0 amide bonds. The van der Waals surface area contributed by atoms with Crippen molar-refractivity contribution in [1.82, 2.24) is 24.4 Å². The second kappa shape index (κ2) is 9.56. The number of aromatic amines is 1. The van der Waals surface area contributed by atoms with E-state index in [1.54, 1.807) is 35.4 Å². The number of pyridine rings is 2. The number of methoxy groups -OCH3 is 1. The highest BCUT2D eigenvalue weighted by atomic mass is 19.4. The second-order valence-corrected chi connectivity index (χ2v) is 9.61. The first-order chi connectivity index (χ1) is 19.2. The Morgan fingerprint density at radius 3 is 2.38 bits per heavy atom. The van der Waals surface area contributed by atoms with E-state index in [1.165, 1.54) is 30.9 Å². The van der Waals surface area contributed by atoms with Crippen LogP contribution >= 0.6 is 0 Å². The number of nitrogens with zero attached hydrogens (tertiary/aromatic N) is 4. The number of rotatable bonds is 4. The number of hydrogen-bond donors (Lipinski definition) is 2. The van der Waals surface area contributed by atoms with Gasteiger partial charge in [-0.1, -0.05) is 6.07 Å². The molecule has 4 heterocycles. The molecule has 12 heteroatoms. The number of piperazine rings is 1. The molecule has 2 aromatic carbocycles. The summed E-state index contributed by atoms with van der Waals surface area (Å²) in [4.78, 5) is 35.3. The van der Waals surface area contributed by atoms with Crippen molar-refractivity contribution < 1.29 is 17.9 Å². The van der Waals surface area contributed by atoms with Crippen LogP contribution in [0.15, 0.2) is 64.3 Å². The molecule has 1 fully saturated rings. The highest BCUT2D eigenvalue weighted by Gasteiger charge is 2.36. The number of anilines is 1. The Labute approximate surface area is 225 Å². The van der Waals surface area contributed by atoms with Gasteiger partial charge in [-0.3, -0.25) is 13.9 Å². The number of H-pyrrole nitrogens is 1. The fourth-order valence-electron chi connectivity index (χ4n) is 5.31. The molecule has 3 aromatic heterocycles. The number of fused-ring (bicyclic) bond motifs is 3. The number of nitrogens with one attached hydrogen (secondary N) is 2. The number of aromatic nitrogens is 4. The van der Waals surface area contributed by atoms with Crippen LogP contribution in [-0.4, -0.2) is 52.4 Å². The SMILES string of the molecule is COc1ccc(-c2ccc3[nH]c(=O)c4c(c3c2)n(-c2ccc(N3CCNCC3)c(C(F)(F)F)c2)c(=O)n4C)cn1. The highest BCUT2D eigenvalue weighted by Crippen LogP contribution is 2.39. The molecule has 5 aromatic rings.